The lowest BCUT2D eigenvalue weighted by Crippen LogP contribution is -2.48. The van der Waals surface area contributed by atoms with Gasteiger partial charge in [-0.15, -0.1) is 11.6 Å². The summed E-state index contributed by atoms with van der Waals surface area (Å²) < 4.78 is 5.84. The zero-order valence-corrected chi connectivity index (χ0v) is 14.2. The van der Waals surface area contributed by atoms with E-state index in [2.05, 4.69) is 0 Å². The van der Waals surface area contributed by atoms with Crippen LogP contribution in [0.4, 0.5) is 5.69 Å². The van der Waals surface area contributed by atoms with Crippen LogP contribution in [0.25, 0.3) is 0 Å². The molecule has 0 aliphatic carbocycles. The molecular weight excluding hydrogens is 302 g/mol. The Morgan fingerprint density at radius 2 is 2.05 bits per heavy atom. The van der Waals surface area contributed by atoms with Gasteiger partial charge in [0, 0.05) is 12.1 Å². The molecular formula is C17H22ClNO3. The van der Waals surface area contributed by atoms with Gasteiger partial charge in [-0.3, -0.25) is 9.59 Å². The monoisotopic (exact) mass is 323 g/mol. The first kappa shape index (κ1) is 16.8. The van der Waals surface area contributed by atoms with Crippen LogP contribution in [-0.2, 0) is 4.79 Å². The van der Waals surface area contributed by atoms with Gasteiger partial charge in [0.1, 0.15) is 5.75 Å². The molecule has 2 unspecified atom stereocenters. The minimum Gasteiger partial charge on any atom is -0.478 e. The lowest BCUT2D eigenvalue weighted by atomic mass is 10.0. The van der Waals surface area contributed by atoms with Crippen molar-refractivity contribution >= 4 is 29.0 Å². The summed E-state index contributed by atoms with van der Waals surface area (Å²) in [6, 6.07) is 5.17. The molecule has 0 fully saturated rings. The van der Waals surface area contributed by atoms with Gasteiger partial charge in [-0.25, -0.2) is 0 Å². The number of rotatable bonds is 5. The summed E-state index contributed by atoms with van der Waals surface area (Å²) >= 11 is 5.88. The second-order valence-electron chi connectivity index (χ2n) is 5.94. The maximum Gasteiger partial charge on any atom is 0.268 e. The predicted octanol–water partition coefficient (Wildman–Crippen LogP) is 3.66. The molecule has 0 bridgehead atoms. The number of Topliss-reactive ketones (excluding diaryl/α,β-unsaturated/α-hetero) is 1. The van der Waals surface area contributed by atoms with Gasteiger partial charge in [0.05, 0.1) is 11.1 Å². The van der Waals surface area contributed by atoms with Gasteiger partial charge < -0.3 is 9.64 Å². The molecule has 1 aliphatic heterocycles. The van der Waals surface area contributed by atoms with Crippen molar-refractivity contribution in [3.05, 3.63) is 23.8 Å². The van der Waals surface area contributed by atoms with E-state index in [0.717, 1.165) is 6.42 Å². The lowest BCUT2D eigenvalue weighted by Gasteiger charge is -2.36. The highest BCUT2D eigenvalue weighted by atomic mass is 35.5. The van der Waals surface area contributed by atoms with Gasteiger partial charge in [0.2, 0.25) is 0 Å². The normalized spacial score (nSPS) is 18.9. The standard InChI is InChI=1S/C17H22ClNO3/c1-5-8-19-13-9-12(15(20)11(4)18)6-7-14(13)22-16(10(2)3)17(19)21/h6-7,9-11,16H,5,8H2,1-4H3. The zero-order chi connectivity index (χ0) is 16.4. The Kier molecular flexibility index (Phi) is 5.12. The van der Waals surface area contributed by atoms with Crippen molar-refractivity contribution in [3.8, 4) is 5.75 Å². The van der Waals surface area contributed by atoms with E-state index in [1.165, 1.54) is 0 Å². The first-order valence-electron chi connectivity index (χ1n) is 7.67. The Labute approximate surface area is 136 Å². The van der Waals surface area contributed by atoms with Gasteiger partial charge in [-0.05, 0) is 37.5 Å². The third-order valence-electron chi connectivity index (χ3n) is 3.71. The Morgan fingerprint density at radius 1 is 1.36 bits per heavy atom. The molecule has 1 heterocycles. The van der Waals surface area contributed by atoms with E-state index in [0.29, 0.717) is 23.5 Å². The largest absolute Gasteiger partial charge is 0.478 e. The Hall–Kier alpha value is -1.55. The highest BCUT2D eigenvalue weighted by molar-refractivity contribution is 6.33. The van der Waals surface area contributed by atoms with Crippen LogP contribution in [0.1, 0.15) is 44.5 Å². The van der Waals surface area contributed by atoms with Crippen molar-refractivity contribution in [2.24, 2.45) is 5.92 Å². The van der Waals surface area contributed by atoms with Crippen molar-refractivity contribution in [1.82, 2.24) is 0 Å². The van der Waals surface area contributed by atoms with E-state index < -0.39 is 11.5 Å². The third kappa shape index (κ3) is 3.12. The molecule has 1 amide bonds. The smallest absolute Gasteiger partial charge is 0.268 e. The number of hydrogen-bond donors (Lipinski definition) is 0. The quantitative estimate of drug-likeness (QED) is 0.613. The molecule has 0 saturated heterocycles. The molecule has 5 heteroatoms. The van der Waals surface area contributed by atoms with Crippen LogP contribution in [0.15, 0.2) is 18.2 Å². The van der Waals surface area contributed by atoms with Crippen LogP contribution in [0, 0.1) is 5.92 Å². The second kappa shape index (κ2) is 6.69. The molecule has 4 nitrogen and oxygen atoms in total. The molecule has 0 spiro atoms. The maximum absolute atomic E-state index is 12.6. The molecule has 1 aromatic rings. The number of carbonyl (C=O) groups excluding carboxylic acids is 2. The number of ether oxygens (including phenoxy) is 1. The summed E-state index contributed by atoms with van der Waals surface area (Å²) in [7, 11) is 0. The zero-order valence-electron chi connectivity index (χ0n) is 13.4. The molecule has 22 heavy (non-hydrogen) atoms. The van der Waals surface area contributed by atoms with Crippen LogP contribution >= 0.6 is 11.6 Å². The molecule has 0 N–H and O–H groups in total. The molecule has 120 valence electrons. The molecule has 1 aliphatic rings. The fourth-order valence-corrected chi connectivity index (χ4v) is 2.67. The molecule has 2 atom stereocenters. The van der Waals surface area contributed by atoms with E-state index in [-0.39, 0.29) is 17.6 Å². The number of carbonyl (C=O) groups is 2. The van der Waals surface area contributed by atoms with Crippen molar-refractivity contribution in [1.29, 1.82) is 0 Å². The van der Waals surface area contributed by atoms with E-state index in [1.54, 1.807) is 30.0 Å². The fraction of sp³-hybridized carbons (Fsp3) is 0.529. The van der Waals surface area contributed by atoms with Gasteiger partial charge in [-0.1, -0.05) is 20.8 Å². The number of fused-ring (bicyclic) bond motifs is 1. The summed E-state index contributed by atoms with van der Waals surface area (Å²) in [4.78, 5) is 26.4. The van der Waals surface area contributed by atoms with Crippen LogP contribution in [0.2, 0.25) is 0 Å². The summed E-state index contributed by atoms with van der Waals surface area (Å²) in [6.45, 7) is 8.19. The summed E-state index contributed by atoms with van der Waals surface area (Å²) in [5.74, 6) is 0.530. The Bertz CT molecular complexity index is 583. The average Bonchev–Trinajstić information content (AvgIpc) is 2.48. The van der Waals surface area contributed by atoms with Crippen LogP contribution < -0.4 is 9.64 Å². The number of hydrogen-bond acceptors (Lipinski definition) is 3. The summed E-state index contributed by atoms with van der Waals surface area (Å²) in [5.41, 5.74) is 1.16. The number of benzene rings is 1. The Morgan fingerprint density at radius 3 is 2.59 bits per heavy atom. The number of alkyl halides is 1. The number of amides is 1. The highest BCUT2D eigenvalue weighted by Gasteiger charge is 2.36. The van der Waals surface area contributed by atoms with E-state index >= 15 is 0 Å². The first-order valence-corrected chi connectivity index (χ1v) is 8.10. The van der Waals surface area contributed by atoms with Crippen LogP contribution in [-0.4, -0.2) is 29.7 Å². The van der Waals surface area contributed by atoms with Gasteiger partial charge in [0.25, 0.3) is 5.91 Å². The fourth-order valence-electron chi connectivity index (χ4n) is 2.55. The molecule has 1 aromatic carbocycles. The summed E-state index contributed by atoms with van der Waals surface area (Å²) in [5, 5.41) is -0.596. The summed E-state index contributed by atoms with van der Waals surface area (Å²) in [6.07, 6.45) is 0.354. The van der Waals surface area contributed by atoms with E-state index in [4.69, 9.17) is 16.3 Å². The number of ketones is 1. The van der Waals surface area contributed by atoms with Crippen LogP contribution in [0.5, 0.6) is 5.75 Å². The first-order chi connectivity index (χ1) is 10.4. The minimum absolute atomic E-state index is 0.0483. The number of anilines is 1. The van der Waals surface area contributed by atoms with Crippen LogP contribution in [0.3, 0.4) is 0 Å². The third-order valence-corrected chi connectivity index (χ3v) is 3.91. The molecule has 2 rings (SSSR count). The number of nitrogens with zero attached hydrogens (tertiary/aromatic N) is 1. The second-order valence-corrected chi connectivity index (χ2v) is 6.59. The van der Waals surface area contributed by atoms with Gasteiger partial charge in [0.15, 0.2) is 11.9 Å². The predicted molar refractivity (Wildman–Crippen MR) is 88.0 cm³/mol. The van der Waals surface area contributed by atoms with Crippen molar-refractivity contribution < 1.29 is 14.3 Å². The van der Waals surface area contributed by atoms with Gasteiger partial charge in [-0.2, -0.15) is 0 Å². The van der Waals surface area contributed by atoms with E-state index in [9.17, 15) is 9.59 Å². The Balaban J connectivity index is 2.46. The minimum atomic E-state index is -0.596. The van der Waals surface area contributed by atoms with Crippen molar-refractivity contribution in [2.75, 3.05) is 11.4 Å². The van der Waals surface area contributed by atoms with Crippen molar-refractivity contribution in [3.63, 3.8) is 0 Å². The topological polar surface area (TPSA) is 46.6 Å². The van der Waals surface area contributed by atoms with E-state index in [1.807, 2.05) is 20.8 Å². The van der Waals surface area contributed by atoms with Crippen molar-refractivity contribution in [2.45, 2.75) is 45.6 Å². The highest BCUT2D eigenvalue weighted by Crippen LogP contribution is 2.37. The SMILES string of the molecule is CCCN1C(=O)C(C(C)C)Oc2ccc(C(=O)C(C)Cl)cc21. The average molecular weight is 324 g/mol. The van der Waals surface area contributed by atoms with Gasteiger partial charge >= 0.3 is 0 Å². The number of halogens is 1. The maximum atomic E-state index is 12.6. The molecule has 0 aromatic heterocycles. The molecule has 0 saturated carbocycles. The lowest BCUT2D eigenvalue weighted by molar-refractivity contribution is -0.128. The molecule has 0 radical (unpaired) electrons.